The lowest BCUT2D eigenvalue weighted by Gasteiger charge is -2.36. The van der Waals surface area contributed by atoms with Crippen molar-refractivity contribution in [2.45, 2.75) is 38.6 Å². The zero-order valence-corrected chi connectivity index (χ0v) is 15.9. The molecule has 4 rings (SSSR count). The molecule has 2 aromatic rings. The molecule has 3 heterocycles. The van der Waals surface area contributed by atoms with Gasteiger partial charge in [0.2, 0.25) is 11.8 Å². The van der Waals surface area contributed by atoms with Crippen molar-refractivity contribution < 1.29 is 9.59 Å². The van der Waals surface area contributed by atoms with Gasteiger partial charge in [0.05, 0.1) is 5.52 Å². The lowest BCUT2D eigenvalue weighted by atomic mass is 9.81. The number of fused-ring (bicyclic) bond motifs is 1. The fraction of sp³-hybridized carbons (Fsp3) is 0.600. The third-order valence-corrected chi connectivity index (χ3v) is 6.12. The molecule has 7 heteroatoms. The zero-order chi connectivity index (χ0) is 18.8. The Bertz CT molecular complexity index is 825. The zero-order valence-electron chi connectivity index (χ0n) is 15.9. The number of aromatic nitrogens is 3. The van der Waals surface area contributed by atoms with E-state index < -0.39 is 0 Å². The molecule has 2 aliphatic heterocycles. The molecule has 0 saturated carbocycles. The Labute approximate surface area is 159 Å². The molecule has 0 radical (unpaired) electrons. The van der Waals surface area contributed by atoms with E-state index in [1.807, 2.05) is 41.1 Å². The molecule has 0 spiro atoms. The molecule has 144 valence electrons. The van der Waals surface area contributed by atoms with Crippen LogP contribution in [0.4, 0.5) is 0 Å². The van der Waals surface area contributed by atoms with Crippen molar-refractivity contribution in [2.24, 2.45) is 11.8 Å². The van der Waals surface area contributed by atoms with Crippen molar-refractivity contribution in [2.75, 3.05) is 26.7 Å². The number of likely N-dealkylation sites (tertiary alicyclic amines) is 2. The summed E-state index contributed by atoms with van der Waals surface area (Å²) in [6.07, 6.45) is 5.04. The van der Waals surface area contributed by atoms with Gasteiger partial charge in [0, 0.05) is 32.6 Å². The Morgan fingerprint density at radius 3 is 2.70 bits per heavy atom. The lowest BCUT2D eigenvalue weighted by Crippen LogP contribution is -2.44. The predicted octanol–water partition coefficient (Wildman–Crippen LogP) is 1.93. The van der Waals surface area contributed by atoms with Crippen LogP contribution in [-0.4, -0.2) is 63.3 Å². The fourth-order valence-corrected chi connectivity index (χ4v) is 4.48. The van der Waals surface area contributed by atoms with Gasteiger partial charge in [0.25, 0.3) is 0 Å². The molecule has 0 N–H and O–H groups in total. The van der Waals surface area contributed by atoms with E-state index in [-0.39, 0.29) is 18.4 Å². The van der Waals surface area contributed by atoms with Gasteiger partial charge in [-0.25, -0.2) is 4.68 Å². The summed E-state index contributed by atoms with van der Waals surface area (Å²) in [5.74, 6) is 0.906. The number of amides is 2. The Morgan fingerprint density at radius 2 is 1.89 bits per heavy atom. The first-order chi connectivity index (χ1) is 13.1. The standard InChI is InChI=1S/C20H27N5O2/c1-23-11-5-4-6-16(20(23)27)15-9-12-24(13-10-15)19(26)14-25-18-8-3-2-7-17(18)21-22-25/h2-3,7-8,15-16H,4-6,9-14H2,1H3/t16-/m0/s1. The normalized spacial score (nSPS) is 22.3. The highest BCUT2D eigenvalue weighted by molar-refractivity contribution is 5.80. The van der Waals surface area contributed by atoms with E-state index in [1.54, 1.807) is 4.68 Å². The third-order valence-electron chi connectivity index (χ3n) is 6.12. The second kappa shape index (κ2) is 7.66. The van der Waals surface area contributed by atoms with Gasteiger partial charge in [0.15, 0.2) is 0 Å². The molecule has 7 nitrogen and oxygen atoms in total. The lowest BCUT2D eigenvalue weighted by molar-refractivity contribution is -0.137. The van der Waals surface area contributed by atoms with E-state index in [4.69, 9.17) is 0 Å². The van der Waals surface area contributed by atoms with Gasteiger partial charge in [-0.2, -0.15) is 0 Å². The van der Waals surface area contributed by atoms with E-state index in [1.165, 1.54) is 0 Å². The van der Waals surface area contributed by atoms with E-state index in [9.17, 15) is 9.59 Å². The quantitative estimate of drug-likeness (QED) is 0.829. The number of nitrogens with zero attached hydrogens (tertiary/aromatic N) is 5. The number of carbonyl (C=O) groups is 2. The molecule has 27 heavy (non-hydrogen) atoms. The smallest absolute Gasteiger partial charge is 0.244 e. The molecule has 2 amide bonds. The van der Waals surface area contributed by atoms with Gasteiger partial charge in [-0.15, -0.1) is 5.10 Å². The van der Waals surface area contributed by atoms with Crippen LogP contribution in [0.15, 0.2) is 24.3 Å². The maximum atomic E-state index is 12.7. The van der Waals surface area contributed by atoms with Crippen molar-refractivity contribution in [3.05, 3.63) is 24.3 Å². The number of rotatable bonds is 3. The van der Waals surface area contributed by atoms with Crippen LogP contribution in [0.1, 0.15) is 32.1 Å². The second-order valence-corrected chi connectivity index (χ2v) is 7.82. The summed E-state index contributed by atoms with van der Waals surface area (Å²) in [5, 5.41) is 8.23. The Balaban J connectivity index is 1.36. The molecule has 1 atom stereocenters. The van der Waals surface area contributed by atoms with E-state index in [0.717, 1.165) is 62.8 Å². The third kappa shape index (κ3) is 3.68. The molecule has 1 aromatic carbocycles. The van der Waals surface area contributed by atoms with Crippen molar-refractivity contribution in [3.63, 3.8) is 0 Å². The number of benzene rings is 1. The average molecular weight is 369 g/mol. The molecule has 2 saturated heterocycles. The van der Waals surface area contributed by atoms with Crippen LogP contribution in [-0.2, 0) is 16.1 Å². The molecule has 0 bridgehead atoms. The first-order valence-corrected chi connectivity index (χ1v) is 9.94. The first kappa shape index (κ1) is 17.9. The summed E-state index contributed by atoms with van der Waals surface area (Å²) < 4.78 is 1.67. The molecule has 0 aliphatic carbocycles. The second-order valence-electron chi connectivity index (χ2n) is 7.82. The van der Waals surface area contributed by atoms with Crippen molar-refractivity contribution >= 4 is 22.8 Å². The maximum Gasteiger partial charge on any atom is 0.244 e. The van der Waals surface area contributed by atoms with Gasteiger partial charge in [-0.3, -0.25) is 9.59 Å². The Morgan fingerprint density at radius 1 is 1.11 bits per heavy atom. The molecule has 1 aromatic heterocycles. The van der Waals surface area contributed by atoms with Gasteiger partial charge in [-0.1, -0.05) is 23.8 Å². The minimum Gasteiger partial charge on any atom is -0.346 e. The molecular formula is C20H27N5O2. The molecule has 0 unspecified atom stereocenters. The van der Waals surface area contributed by atoms with Crippen LogP contribution in [0.5, 0.6) is 0 Å². The van der Waals surface area contributed by atoms with Crippen molar-refractivity contribution in [1.82, 2.24) is 24.8 Å². The maximum absolute atomic E-state index is 12.7. The topological polar surface area (TPSA) is 71.3 Å². The van der Waals surface area contributed by atoms with Crippen LogP contribution in [0.2, 0.25) is 0 Å². The summed E-state index contributed by atoms with van der Waals surface area (Å²) in [7, 11) is 1.92. The summed E-state index contributed by atoms with van der Waals surface area (Å²) in [4.78, 5) is 29.2. The number of piperidine rings is 1. The Hall–Kier alpha value is -2.44. The van der Waals surface area contributed by atoms with Crippen molar-refractivity contribution in [3.8, 4) is 0 Å². The van der Waals surface area contributed by atoms with Crippen molar-refractivity contribution in [1.29, 1.82) is 0 Å². The molecule has 2 fully saturated rings. The predicted molar refractivity (Wildman–Crippen MR) is 102 cm³/mol. The van der Waals surface area contributed by atoms with Crippen LogP contribution in [0.25, 0.3) is 11.0 Å². The summed E-state index contributed by atoms with van der Waals surface area (Å²) in [5.41, 5.74) is 1.69. The Kier molecular flexibility index (Phi) is 5.09. The number of para-hydroxylation sites is 1. The van der Waals surface area contributed by atoms with Gasteiger partial charge in [0.1, 0.15) is 12.1 Å². The number of hydrogen-bond acceptors (Lipinski definition) is 4. The monoisotopic (exact) mass is 369 g/mol. The minimum absolute atomic E-state index is 0.0772. The highest BCUT2D eigenvalue weighted by Gasteiger charge is 2.34. The van der Waals surface area contributed by atoms with Gasteiger partial charge >= 0.3 is 0 Å². The van der Waals surface area contributed by atoms with E-state index in [0.29, 0.717) is 11.8 Å². The van der Waals surface area contributed by atoms with E-state index >= 15 is 0 Å². The van der Waals surface area contributed by atoms with Gasteiger partial charge < -0.3 is 9.80 Å². The SMILES string of the molecule is CN1CCCC[C@@H](C2CCN(C(=O)Cn3nnc4ccccc43)CC2)C1=O. The number of hydrogen-bond donors (Lipinski definition) is 0. The molecule has 2 aliphatic rings. The van der Waals surface area contributed by atoms with Crippen LogP contribution in [0, 0.1) is 11.8 Å². The van der Waals surface area contributed by atoms with Gasteiger partial charge in [-0.05, 0) is 43.7 Å². The van der Waals surface area contributed by atoms with Crippen LogP contribution in [0.3, 0.4) is 0 Å². The number of carbonyl (C=O) groups excluding carboxylic acids is 2. The summed E-state index contributed by atoms with van der Waals surface area (Å²) in [6, 6.07) is 7.68. The molecular weight excluding hydrogens is 342 g/mol. The average Bonchev–Trinajstić information content (AvgIpc) is 3.02. The summed E-state index contributed by atoms with van der Waals surface area (Å²) >= 11 is 0. The van der Waals surface area contributed by atoms with E-state index in [2.05, 4.69) is 10.3 Å². The van der Waals surface area contributed by atoms with Crippen LogP contribution >= 0.6 is 0 Å². The first-order valence-electron chi connectivity index (χ1n) is 9.94. The largest absolute Gasteiger partial charge is 0.346 e. The highest BCUT2D eigenvalue weighted by atomic mass is 16.2. The fourth-order valence-electron chi connectivity index (χ4n) is 4.48. The minimum atomic E-state index is 0.0772. The summed E-state index contributed by atoms with van der Waals surface area (Å²) in [6.45, 7) is 2.54. The van der Waals surface area contributed by atoms with Crippen LogP contribution < -0.4 is 0 Å². The highest BCUT2D eigenvalue weighted by Crippen LogP contribution is 2.32.